The Kier molecular flexibility index (Phi) is 4.41. The Balaban J connectivity index is 1.71. The van der Waals surface area contributed by atoms with Crippen LogP contribution in [0.1, 0.15) is 34.7 Å². The van der Waals surface area contributed by atoms with E-state index in [4.69, 9.17) is 8.94 Å². The summed E-state index contributed by atoms with van der Waals surface area (Å²) in [5.74, 6) is 1.66. The molecule has 2 N–H and O–H groups in total. The van der Waals surface area contributed by atoms with Gasteiger partial charge in [-0.15, -0.1) is 0 Å². The van der Waals surface area contributed by atoms with Gasteiger partial charge < -0.3 is 19.4 Å². The first-order chi connectivity index (χ1) is 11.8. The number of aryl methyl sites for hydroxylation is 2. The molecule has 25 heavy (non-hydrogen) atoms. The van der Waals surface area contributed by atoms with E-state index in [9.17, 15) is 9.90 Å². The van der Waals surface area contributed by atoms with Crippen LogP contribution in [0.25, 0.3) is 11.4 Å². The van der Waals surface area contributed by atoms with Gasteiger partial charge in [0.15, 0.2) is 0 Å². The lowest BCUT2D eigenvalue weighted by Gasteiger charge is -2.21. The van der Waals surface area contributed by atoms with Crippen LogP contribution in [0.2, 0.25) is 0 Å². The van der Waals surface area contributed by atoms with Crippen molar-refractivity contribution in [3.8, 4) is 11.4 Å². The molecule has 1 unspecified atom stereocenters. The van der Waals surface area contributed by atoms with Crippen LogP contribution in [0.4, 0.5) is 0 Å². The van der Waals surface area contributed by atoms with E-state index >= 15 is 0 Å². The first-order valence-corrected chi connectivity index (χ1v) is 7.83. The van der Waals surface area contributed by atoms with E-state index in [-0.39, 0.29) is 12.5 Å². The summed E-state index contributed by atoms with van der Waals surface area (Å²) < 4.78 is 10.4. The standard InChI is InChI=1S/C18H19N3O4/c1-11-7-8-15(24-11)18(3,23)10-19-17(22)14-6-4-5-13(9-14)16-20-12(2)25-21-16/h4-9,23H,10H2,1-3H3,(H,19,22). The van der Waals surface area contributed by atoms with E-state index in [2.05, 4.69) is 15.5 Å². The van der Waals surface area contributed by atoms with Gasteiger partial charge >= 0.3 is 0 Å². The largest absolute Gasteiger partial charge is 0.463 e. The first kappa shape index (κ1) is 16.9. The average Bonchev–Trinajstić information content (AvgIpc) is 3.22. The summed E-state index contributed by atoms with van der Waals surface area (Å²) in [6, 6.07) is 10.3. The minimum absolute atomic E-state index is 0.0182. The van der Waals surface area contributed by atoms with Gasteiger partial charge in [0.05, 0.1) is 6.54 Å². The molecule has 0 bridgehead atoms. The van der Waals surface area contributed by atoms with Crippen molar-refractivity contribution in [1.82, 2.24) is 15.5 Å². The van der Waals surface area contributed by atoms with Crippen LogP contribution < -0.4 is 5.32 Å². The van der Waals surface area contributed by atoms with Crippen LogP contribution in [-0.4, -0.2) is 27.7 Å². The van der Waals surface area contributed by atoms with Crippen LogP contribution in [0.3, 0.4) is 0 Å². The molecule has 2 aromatic heterocycles. The SMILES string of the molecule is Cc1ccc(C(C)(O)CNC(=O)c2cccc(-c3noc(C)n3)c2)o1. The maximum absolute atomic E-state index is 12.4. The number of hydrogen-bond acceptors (Lipinski definition) is 6. The molecule has 0 spiro atoms. The van der Waals surface area contributed by atoms with Gasteiger partial charge in [0.25, 0.3) is 5.91 Å². The van der Waals surface area contributed by atoms with Crippen LogP contribution in [-0.2, 0) is 5.60 Å². The summed E-state index contributed by atoms with van der Waals surface area (Å²) in [6.45, 7) is 5.10. The highest BCUT2D eigenvalue weighted by molar-refractivity contribution is 5.95. The molecule has 1 atom stereocenters. The van der Waals surface area contributed by atoms with Gasteiger partial charge in [-0.25, -0.2) is 0 Å². The van der Waals surface area contributed by atoms with E-state index in [0.717, 1.165) is 0 Å². The van der Waals surface area contributed by atoms with Gasteiger partial charge in [0, 0.05) is 18.1 Å². The molecule has 130 valence electrons. The third-order valence-corrected chi connectivity index (χ3v) is 3.77. The molecular formula is C18H19N3O4. The zero-order valence-corrected chi connectivity index (χ0v) is 14.2. The predicted molar refractivity (Wildman–Crippen MR) is 89.8 cm³/mol. The number of benzene rings is 1. The van der Waals surface area contributed by atoms with Crippen LogP contribution in [0.5, 0.6) is 0 Å². The molecule has 7 nitrogen and oxygen atoms in total. The molecule has 0 fully saturated rings. The molecule has 1 aromatic carbocycles. The molecule has 0 saturated heterocycles. The number of rotatable bonds is 5. The maximum Gasteiger partial charge on any atom is 0.251 e. The minimum atomic E-state index is -1.30. The molecule has 0 aliphatic rings. The quantitative estimate of drug-likeness (QED) is 0.739. The van der Waals surface area contributed by atoms with Crippen molar-refractivity contribution in [2.45, 2.75) is 26.4 Å². The number of nitrogens with one attached hydrogen (secondary N) is 1. The molecule has 1 amide bonds. The van der Waals surface area contributed by atoms with Gasteiger partial charge in [-0.2, -0.15) is 4.98 Å². The Bertz CT molecular complexity index is 895. The molecule has 3 rings (SSSR count). The van der Waals surface area contributed by atoms with Crippen molar-refractivity contribution in [2.24, 2.45) is 0 Å². The van der Waals surface area contributed by atoms with E-state index in [0.29, 0.717) is 34.4 Å². The lowest BCUT2D eigenvalue weighted by molar-refractivity contribution is 0.0323. The van der Waals surface area contributed by atoms with Gasteiger partial charge in [-0.05, 0) is 38.1 Å². The molecule has 7 heteroatoms. The number of aliphatic hydroxyl groups is 1. The number of furan rings is 1. The van der Waals surface area contributed by atoms with Gasteiger partial charge in [-0.1, -0.05) is 17.3 Å². The predicted octanol–water partition coefficient (Wildman–Crippen LogP) is 2.58. The molecular weight excluding hydrogens is 322 g/mol. The van der Waals surface area contributed by atoms with Crippen LogP contribution in [0, 0.1) is 13.8 Å². The third kappa shape index (κ3) is 3.77. The fourth-order valence-corrected chi connectivity index (χ4v) is 2.38. The average molecular weight is 341 g/mol. The summed E-state index contributed by atoms with van der Waals surface area (Å²) in [4.78, 5) is 16.5. The monoisotopic (exact) mass is 341 g/mol. The van der Waals surface area contributed by atoms with Crippen molar-refractivity contribution in [2.75, 3.05) is 6.54 Å². The smallest absolute Gasteiger partial charge is 0.251 e. The van der Waals surface area contributed by atoms with E-state index in [1.807, 2.05) is 0 Å². The summed E-state index contributed by atoms with van der Waals surface area (Å²) in [5, 5.41) is 17.1. The summed E-state index contributed by atoms with van der Waals surface area (Å²) in [5.41, 5.74) is -0.184. The Morgan fingerprint density at radius 1 is 1.28 bits per heavy atom. The van der Waals surface area contributed by atoms with Crippen LogP contribution >= 0.6 is 0 Å². The lowest BCUT2D eigenvalue weighted by atomic mass is 10.0. The molecule has 0 aliphatic heterocycles. The van der Waals surface area contributed by atoms with Gasteiger partial charge in [0.2, 0.25) is 11.7 Å². The van der Waals surface area contributed by atoms with Crippen molar-refractivity contribution >= 4 is 5.91 Å². The highest BCUT2D eigenvalue weighted by Crippen LogP contribution is 2.22. The highest BCUT2D eigenvalue weighted by Gasteiger charge is 2.27. The molecule has 0 saturated carbocycles. The maximum atomic E-state index is 12.4. The Morgan fingerprint density at radius 2 is 2.08 bits per heavy atom. The second kappa shape index (κ2) is 6.52. The van der Waals surface area contributed by atoms with Crippen molar-refractivity contribution in [1.29, 1.82) is 0 Å². The third-order valence-electron chi connectivity index (χ3n) is 3.77. The van der Waals surface area contributed by atoms with Gasteiger partial charge in [0.1, 0.15) is 17.1 Å². The number of carbonyl (C=O) groups excluding carboxylic acids is 1. The Morgan fingerprint density at radius 3 is 2.72 bits per heavy atom. The molecule has 2 heterocycles. The minimum Gasteiger partial charge on any atom is -0.463 e. The fourth-order valence-electron chi connectivity index (χ4n) is 2.38. The number of carbonyl (C=O) groups is 1. The topological polar surface area (TPSA) is 101 Å². The zero-order valence-electron chi connectivity index (χ0n) is 14.2. The summed E-state index contributed by atoms with van der Waals surface area (Å²) >= 11 is 0. The van der Waals surface area contributed by atoms with E-state index in [1.54, 1.807) is 57.2 Å². The number of nitrogens with zero attached hydrogens (tertiary/aromatic N) is 2. The van der Waals surface area contributed by atoms with Crippen molar-refractivity contribution in [3.63, 3.8) is 0 Å². The zero-order chi connectivity index (χ0) is 18.0. The Hall–Kier alpha value is -2.93. The van der Waals surface area contributed by atoms with Crippen molar-refractivity contribution < 1.29 is 18.8 Å². The lowest BCUT2D eigenvalue weighted by Crippen LogP contribution is -2.38. The molecule has 0 radical (unpaired) electrons. The van der Waals surface area contributed by atoms with E-state index < -0.39 is 5.60 Å². The Labute approximate surface area is 144 Å². The second-order valence-corrected chi connectivity index (χ2v) is 6.08. The van der Waals surface area contributed by atoms with Crippen LogP contribution in [0.15, 0.2) is 45.3 Å². The summed E-state index contributed by atoms with van der Waals surface area (Å²) in [7, 11) is 0. The number of hydrogen-bond donors (Lipinski definition) is 2. The normalized spacial score (nSPS) is 13.4. The summed E-state index contributed by atoms with van der Waals surface area (Å²) in [6.07, 6.45) is 0. The molecule has 0 aliphatic carbocycles. The highest BCUT2D eigenvalue weighted by atomic mass is 16.5. The number of aromatic nitrogens is 2. The fraction of sp³-hybridized carbons (Fsp3) is 0.278. The van der Waals surface area contributed by atoms with Crippen molar-refractivity contribution in [3.05, 3.63) is 59.4 Å². The molecule has 3 aromatic rings. The second-order valence-electron chi connectivity index (χ2n) is 6.08. The van der Waals surface area contributed by atoms with E-state index in [1.165, 1.54) is 0 Å². The number of amides is 1. The first-order valence-electron chi connectivity index (χ1n) is 7.83. The van der Waals surface area contributed by atoms with Gasteiger partial charge in [-0.3, -0.25) is 4.79 Å².